The van der Waals surface area contributed by atoms with Crippen LogP contribution in [-0.2, 0) is 0 Å². The summed E-state index contributed by atoms with van der Waals surface area (Å²) in [6, 6.07) is 4.70. The summed E-state index contributed by atoms with van der Waals surface area (Å²) in [5.74, 6) is -0.217. The molecule has 0 atom stereocenters. The molecular weight excluding hydrogens is 180 g/mol. The summed E-state index contributed by atoms with van der Waals surface area (Å²) in [6.45, 7) is 0. The molecule has 0 heterocycles. The van der Waals surface area contributed by atoms with Gasteiger partial charge in [-0.05, 0) is 0 Å². The molecule has 0 unspecified atom stereocenters. The van der Waals surface area contributed by atoms with Crippen molar-refractivity contribution in [2.75, 3.05) is 0 Å². The number of non-ortho nitro benzene ring substituents is 1. The first-order valence-electron chi connectivity index (χ1n) is 2.98. The molecule has 13 heavy (non-hydrogen) atoms. The normalized spacial score (nSPS) is 8.00. The molecule has 7 nitrogen and oxygen atoms in total. The van der Waals surface area contributed by atoms with E-state index in [2.05, 4.69) is 0 Å². The summed E-state index contributed by atoms with van der Waals surface area (Å²) < 4.78 is 0. The highest BCUT2D eigenvalue weighted by molar-refractivity contribution is 5.34. The van der Waals surface area contributed by atoms with Crippen molar-refractivity contribution in [1.29, 1.82) is 0 Å². The van der Waals surface area contributed by atoms with Gasteiger partial charge >= 0.3 is 0 Å². The van der Waals surface area contributed by atoms with E-state index in [4.69, 9.17) is 10.1 Å². The maximum Gasteiger partial charge on any atom is 0.269 e. The Morgan fingerprint density at radius 2 is 1.62 bits per heavy atom. The Balaban J connectivity index is 0.000000424. The maximum atomic E-state index is 10.4. The van der Waals surface area contributed by atoms with Crippen LogP contribution in [0.5, 0.6) is 5.75 Å². The molecule has 0 radical (unpaired) electrons. The Morgan fingerprint density at radius 3 is 1.92 bits per heavy atom. The molecule has 0 aromatic heterocycles. The van der Waals surface area contributed by atoms with Gasteiger partial charge in [0.25, 0.3) is 5.69 Å². The zero-order chi connectivity index (χ0) is 10.3. The van der Waals surface area contributed by atoms with Gasteiger partial charge < -0.3 is 15.2 Å². The zero-order valence-corrected chi connectivity index (χ0v) is 6.25. The van der Waals surface area contributed by atoms with Crippen molar-refractivity contribution in [3.63, 3.8) is 0 Å². The van der Waals surface area contributed by atoms with Crippen molar-refractivity contribution < 1.29 is 10.0 Å². The highest BCUT2D eigenvalue weighted by atomic mass is 16.6. The first-order valence-corrected chi connectivity index (χ1v) is 2.98. The first-order chi connectivity index (χ1) is 6.11. The Bertz CT molecular complexity index is 284. The predicted octanol–water partition coefficient (Wildman–Crippen LogP) is 0.919. The van der Waals surface area contributed by atoms with Gasteiger partial charge in [-0.3, -0.25) is 10.1 Å². The molecule has 0 aliphatic carbocycles. The van der Waals surface area contributed by atoms with Gasteiger partial charge in [0.15, 0.2) is 0 Å². The Labute approximate surface area is 72.3 Å². The lowest BCUT2D eigenvalue weighted by atomic mass is 10.3. The Morgan fingerprint density at radius 1 is 1.23 bits per heavy atom. The average molecular weight is 184 g/mol. The SMILES string of the molecule is O=N[O-].O=[N+]([O-])c1ccc([O-])cc1. The van der Waals surface area contributed by atoms with E-state index in [-0.39, 0.29) is 11.4 Å². The molecule has 70 valence electrons. The minimum absolute atomic E-state index is 0.0559. The minimum atomic E-state index is -0.542. The van der Waals surface area contributed by atoms with Crippen molar-refractivity contribution in [3.05, 3.63) is 44.5 Å². The third-order valence-electron chi connectivity index (χ3n) is 1.05. The van der Waals surface area contributed by atoms with Crippen LogP contribution < -0.4 is 5.11 Å². The smallest absolute Gasteiger partial charge is 0.269 e. The zero-order valence-electron chi connectivity index (χ0n) is 6.25. The summed E-state index contributed by atoms with van der Waals surface area (Å²) in [5, 5.41) is 29.4. The quantitative estimate of drug-likeness (QED) is 0.365. The van der Waals surface area contributed by atoms with E-state index in [1.54, 1.807) is 0 Å². The van der Waals surface area contributed by atoms with Gasteiger partial charge in [-0.15, -0.1) is 11.1 Å². The number of hydrogen-bond acceptors (Lipinski definition) is 6. The van der Waals surface area contributed by atoms with E-state index in [1.165, 1.54) is 12.1 Å². The molecule has 1 aromatic carbocycles. The van der Waals surface area contributed by atoms with Crippen molar-refractivity contribution in [3.8, 4) is 5.75 Å². The molecule has 1 aromatic rings. The summed E-state index contributed by atoms with van der Waals surface area (Å²) in [7, 11) is 0. The van der Waals surface area contributed by atoms with Crippen LogP contribution in [0.1, 0.15) is 0 Å². The van der Waals surface area contributed by atoms with E-state index in [0.717, 1.165) is 17.5 Å². The summed E-state index contributed by atoms with van der Waals surface area (Å²) in [6.07, 6.45) is 0. The average Bonchev–Trinajstić information content (AvgIpc) is 2.06. The summed E-state index contributed by atoms with van der Waals surface area (Å²) in [4.78, 5) is 17.5. The van der Waals surface area contributed by atoms with Crippen LogP contribution in [0.4, 0.5) is 5.69 Å². The van der Waals surface area contributed by atoms with Crippen LogP contribution in [0.15, 0.2) is 29.6 Å². The number of nitrogens with zero attached hydrogens (tertiary/aromatic N) is 2. The number of benzene rings is 1. The standard InChI is InChI=1S/C6H5NO3.HNO2/c8-6-3-1-5(2-4-6)7(9)10;2-1-3/h1-4,8H;(H,2,3)/p-2. The lowest BCUT2D eigenvalue weighted by molar-refractivity contribution is -0.385. The number of nitro benzene ring substituents is 1. The molecule has 1 rings (SSSR count). The lowest BCUT2D eigenvalue weighted by Gasteiger charge is -2.00. The molecule has 0 aliphatic rings. The molecule has 0 N–H and O–H groups in total. The molecule has 0 spiro atoms. The van der Waals surface area contributed by atoms with Crippen LogP contribution in [0, 0.1) is 20.2 Å². The number of nitro groups is 1. The van der Waals surface area contributed by atoms with Gasteiger partial charge in [-0.2, -0.15) is 0 Å². The maximum absolute atomic E-state index is 10.4. The molecule has 0 aliphatic heterocycles. The Hall–Kier alpha value is -2.18. The highest BCUT2D eigenvalue weighted by Gasteiger charge is 1.99. The number of rotatable bonds is 1. The van der Waals surface area contributed by atoms with Crippen LogP contribution >= 0.6 is 0 Å². The third kappa shape index (κ3) is 4.30. The van der Waals surface area contributed by atoms with Crippen molar-refractivity contribution in [2.24, 2.45) is 5.34 Å². The second-order valence-corrected chi connectivity index (χ2v) is 1.83. The monoisotopic (exact) mass is 184 g/mol. The number of hydrogen-bond donors (Lipinski definition) is 0. The fourth-order valence-electron chi connectivity index (χ4n) is 0.568. The second kappa shape index (κ2) is 5.47. The van der Waals surface area contributed by atoms with E-state index in [0.29, 0.717) is 0 Å². The Kier molecular flexibility index (Phi) is 4.55. The van der Waals surface area contributed by atoms with Gasteiger partial charge in [0.05, 0.1) is 4.92 Å². The topological polar surface area (TPSA) is 119 Å². The fourth-order valence-corrected chi connectivity index (χ4v) is 0.568. The molecule has 0 bridgehead atoms. The van der Waals surface area contributed by atoms with Crippen molar-refractivity contribution in [2.45, 2.75) is 0 Å². The molecular formula is C6H4N2O5-2. The largest absolute Gasteiger partial charge is 0.872 e. The third-order valence-corrected chi connectivity index (χ3v) is 1.05. The second-order valence-electron chi connectivity index (χ2n) is 1.83. The van der Waals surface area contributed by atoms with Gasteiger partial charge in [0, 0.05) is 12.1 Å². The van der Waals surface area contributed by atoms with Gasteiger partial charge in [-0.1, -0.05) is 12.1 Å². The van der Waals surface area contributed by atoms with Gasteiger partial charge in [0.1, 0.15) is 0 Å². The lowest BCUT2D eigenvalue weighted by Crippen LogP contribution is -1.90. The van der Waals surface area contributed by atoms with Crippen LogP contribution in [0.2, 0.25) is 0 Å². The molecule has 0 saturated heterocycles. The molecule has 7 heteroatoms. The van der Waals surface area contributed by atoms with E-state index in [1.807, 2.05) is 0 Å². The van der Waals surface area contributed by atoms with Crippen LogP contribution in [0.3, 0.4) is 0 Å². The van der Waals surface area contributed by atoms with E-state index in [9.17, 15) is 15.2 Å². The predicted molar refractivity (Wildman–Crippen MR) is 41.7 cm³/mol. The summed E-state index contributed by atoms with van der Waals surface area (Å²) >= 11 is 0. The molecule has 0 amide bonds. The summed E-state index contributed by atoms with van der Waals surface area (Å²) in [5.41, 5.74) is -0.0559. The van der Waals surface area contributed by atoms with Gasteiger partial charge in [-0.25, -0.2) is 0 Å². The van der Waals surface area contributed by atoms with Crippen molar-refractivity contribution >= 4 is 5.69 Å². The van der Waals surface area contributed by atoms with E-state index < -0.39 is 4.92 Å². The van der Waals surface area contributed by atoms with Gasteiger partial charge in [0.2, 0.25) is 0 Å². The molecule has 0 fully saturated rings. The highest BCUT2D eigenvalue weighted by Crippen LogP contribution is 2.12. The first kappa shape index (κ1) is 10.8. The molecule has 0 saturated carbocycles. The minimum Gasteiger partial charge on any atom is -0.872 e. The fraction of sp³-hybridized carbons (Fsp3) is 0. The van der Waals surface area contributed by atoms with Crippen LogP contribution in [-0.4, -0.2) is 4.92 Å². The van der Waals surface area contributed by atoms with Crippen molar-refractivity contribution in [1.82, 2.24) is 0 Å². The van der Waals surface area contributed by atoms with Crippen LogP contribution in [0.25, 0.3) is 0 Å². The van der Waals surface area contributed by atoms with E-state index >= 15 is 0 Å².